The van der Waals surface area contributed by atoms with Crippen LogP contribution in [-0.2, 0) is 17.0 Å². The van der Waals surface area contributed by atoms with Crippen LogP contribution < -0.4 is 5.32 Å². The highest BCUT2D eigenvalue weighted by Crippen LogP contribution is 2.13. The van der Waals surface area contributed by atoms with Crippen molar-refractivity contribution in [3.05, 3.63) is 23.7 Å². The van der Waals surface area contributed by atoms with Gasteiger partial charge in [0.1, 0.15) is 11.5 Å². The molecule has 0 saturated heterocycles. The van der Waals surface area contributed by atoms with Gasteiger partial charge in [-0.1, -0.05) is 6.92 Å². The van der Waals surface area contributed by atoms with Gasteiger partial charge in [-0.3, -0.25) is 0 Å². The Hall–Kier alpha value is -0.450. The lowest BCUT2D eigenvalue weighted by Gasteiger charge is -2.03. The van der Waals surface area contributed by atoms with Crippen LogP contribution in [0.3, 0.4) is 0 Å². The highest BCUT2D eigenvalue weighted by molar-refractivity contribution is 7.97. The maximum Gasteiger partial charge on any atom is 0.117 e. The van der Waals surface area contributed by atoms with Gasteiger partial charge in [0.2, 0.25) is 0 Å². The summed E-state index contributed by atoms with van der Waals surface area (Å²) in [7, 11) is 0. The maximum atomic E-state index is 5.65. The molecule has 0 spiro atoms. The predicted octanol–water partition coefficient (Wildman–Crippen LogP) is 3.05. The number of nitrogens with one attached hydrogen (secondary N) is 1. The fraction of sp³-hybridized carbons (Fsp3) is 0.692. The lowest BCUT2D eigenvalue weighted by molar-refractivity contribution is 0.132. The number of hydrogen-bond acceptors (Lipinski definition) is 4. The Morgan fingerprint density at radius 3 is 2.88 bits per heavy atom. The van der Waals surface area contributed by atoms with Crippen LogP contribution in [0, 0.1) is 0 Å². The van der Waals surface area contributed by atoms with Crippen LogP contribution in [0.4, 0.5) is 0 Å². The van der Waals surface area contributed by atoms with Gasteiger partial charge in [0.05, 0.1) is 12.3 Å². The minimum atomic E-state index is 0.808. The van der Waals surface area contributed by atoms with Gasteiger partial charge in [-0.05, 0) is 37.8 Å². The van der Waals surface area contributed by atoms with E-state index in [1.165, 1.54) is 0 Å². The molecule has 1 aromatic heterocycles. The van der Waals surface area contributed by atoms with Crippen molar-refractivity contribution in [2.45, 2.75) is 32.1 Å². The summed E-state index contributed by atoms with van der Waals surface area (Å²) in [6.07, 6.45) is 4.23. The summed E-state index contributed by atoms with van der Waals surface area (Å²) in [5.74, 6) is 3.02. The van der Waals surface area contributed by atoms with E-state index >= 15 is 0 Å². The lowest BCUT2D eigenvalue weighted by atomic mass is 10.4. The van der Waals surface area contributed by atoms with Gasteiger partial charge in [0.15, 0.2) is 0 Å². The van der Waals surface area contributed by atoms with Crippen molar-refractivity contribution < 1.29 is 9.15 Å². The zero-order valence-corrected chi connectivity index (χ0v) is 11.6. The van der Waals surface area contributed by atoms with Crippen molar-refractivity contribution in [2.24, 2.45) is 0 Å². The second-order valence-corrected chi connectivity index (χ2v) is 4.81. The van der Waals surface area contributed by atoms with E-state index < -0.39 is 0 Å². The highest BCUT2D eigenvalue weighted by Gasteiger charge is 2.00. The molecule has 0 fully saturated rings. The normalized spacial score (nSPS) is 10.9. The molecule has 1 N–H and O–H groups in total. The van der Waals surface area contributed by atoms with Crippen LogP contribution in [0.25, 0.3) is 0 Å². The van der Waals surface area contributed by atoms with Crippen molar-refractivity contribution in [1.82, 2.24) is 5.32 Å². The SMILES string of the molecule is CCCOCCCNCc1ccc(CSC)o1. The Morgan fingerprint density at radius 2 is 2.12 bits per heavy atom. The first-order valence-electron chi connectivity index (χ1n) is 6.21. The van der Waals surface area contributed by atoms with Gasteiger partial charge < -0.3 is 14.5 Å². The van der Waals surface area contributed by atoms with E-state index in [9.17, 15) is 0 Å². The third-order valence-corrected chi connectivity index (χ3v) is 2.87. The molecule has 0 bridgehead atoms. The molecule has 0 aliphatic carbocycles. The number of thioether (sulfide) groups is 1. The third-order valence-electron chi connectivity index (χ3n) is 2.29. The van der Waals surface area contributed by atoms with Crippen molar-refractivity contribution in [3.63, 3.8) is 0 Å². The maximum absolute atomic E-state index is 5.65. The first-order valence-corrected chi connectivity index (χ1v) is 7.61. The topological polar surface area (TPSA) is 34.4 Å². The van der Waals surface area contributed by atoms with Crippen molar-refractivity contribution in [1.29, 1.82) is 0 Å². The van der Waals surface area contributed by atoms with Gasteiger partial charge in [0, 0.05) is 13.2 Å². The standard InChI is InChI=1S/C13H23NO2S/c1-3-8-15-9-4-7-14-10-12-5-6-13(16-12)11-17-2/h5-6,14H,3-4,7-11H2,1-2H3. The quantitative estimate of drug-likeness (QED) is 0.653. The molecule has 0 radical (unpaired) electrons. The summed E-state index contributed by atoms with van der Waals surface area (Å²) in [6, 6.07) is 4.10. The summed E-state index contributed by atoms with van der Waals surface area (Å²) < 4.78 is 11.1. The molecule has 4 heteroatoms. The number of rotatable bonds is 10. The number of ether oxygens (including phenoxy) is 1. The van der Waals surface area contributed by atoms with Crippen molar-refractivity contribution in [2.75, 3.05) is 26.0 Å². The molecular formula is C13H23NO2S. The van der Waals surface area contributed by atoms with Gasteiger partial charge >= 0.3 is 0 Å². The van der Waals surface area contributed by atoms with Crippen LogP contribution in [-0.4, -0.2) is 26.0 Å². The van der Waals surface area contributed by atoms with E-state index in [4.69, 9.17) is 9.15 Å². The van der Waals surface area contributed by atoms with Gasteiger partial charge in [-0.25, -0.2) is 0 Å². The number of furan rings is 1. The zero-order valence-electron chi connectivity index (χ0n) is 10.8. The molecule has 0 aliphatic heterocycles. The average molecular weight is 257 g/mol. The summed E-state index contributed by atoms with van der Waals surface area (Å²) >= 11 is 1.78. The molecule has 0 aliphatic rings. The second-order valence-electron chi connectivity index (χ2n) is 3.94. The van der Waals surface area contributed by atoms with E-state index in [0.717, 1.165) is 56.4 Å². The van der Waals surface area contributed by atoms with Crippen molar-refractivity contribution >= 4 is 11.8 Å². The van der Waals surface area contributed by atoms with Crippen LogP contribution in [0.2, 0.25) is 0 Å². The zero-order chi connectivity index (χ0) is 12.3. The van der Waals surface area contributed by atoms with Crippen LogP contribution in [0.15, 0.2) is 16.5 Å². The minimum Gasteiger partial charge on any atom is -0.464 e. The Labute approximate surface area is 108 Å². The fourth-order valence-corrected chi connectivity index (χ4v) is 1.93. The molecule has 1 heterocycles. The molecule has 0 aromatic carbocycles. The highest BCUT2D eigenvalue weighted by atomic mass is 32.2. The van der Waals surface area contributed by atoms with E-state index in [1.807, 2.05) is 6.07 Å². The van der Waals surface area contributed by atoms with Gasteiger partial charge in [-0.15, -0.1) is 0 Å². The molecule has 17 heavy (non-hydrogen) atoms. The first kappa shape index (κ1) is 14.6. The molecule has 0 unspecified atom stereocenters. The predicted molar refractivity (Wildman–Crippen MR) is 73.4 cm³/mol. The minimum absolute atomic E-state index is 0.808. The monoisotopic (exact) mass is 257 g/mol. The van der Waals surface area contributed by atoms with Gasteiger partial charge in [0.25, 0.3) is 0 Å². The number of hydrogen-bond donors (Lipinski definition) is 1. The Morgan fingerprint density at radius 1 is 1.29 bits per heavy atom. The smallest absolute Gasteiger partial charge is 0.117 e. The molecule has 0 atom stereocenters. The molecule has 3 nitrogen and oxygen atoms in total. The molecular weight excluding hydrogens is 234 g/mol. The summed E-state index contributed by atoms with van der Waals surface area (Å²) in [5, 5.41) is 3.35. The summed E-state index contributed by atoms with van der Waals surface area (Å²) in [6.45, 7) is 5.62. The lowest BCUT2D eigenvalue weighted by Crippen LogP contribution is -2.16. The third kappa shape index (κ3) is 6.76. The Kier molecular flexibility index (Phi) is 8.22. The van der Waals surface area contributed by atoms with Gasteiger partial charge in [-0.2, -0.15) is 11.8 Å². The molecule has 1 rings (SSSR count). The molecule has 0 amide bonds. The first-order chi connectivity index (χ1) is 8.36. The largest absolute Gasteiger partial charge is 0.464 e. The van der Waals surface area contributed by atoms with Crippen LogP contribution in [0.1, 0.15) is 31.3 Å². The second kappa shape index (κ2) is 9.57. The van der Waals surface area contributed by atoms with E-state index in [0.29, 0.717) is 0 Å². The molecule has 1 aromatic rings. The van der Waals surface area contributed by atoms with Crippen LogP contribution in [0.5, 0.6) is 0 Å². The van der Waals surface area contributed by atoms with Crippen molar-refractivity contribution in [3.8, 4) is 0 Å². The van der Waals surface area contributed by atoms with E-state index in [-0.39, 0.29) is 0 Å². The van der Waals surface area contributed by atoms with E-state index in [2.05, 4.69) is 24.6 Å². The summed E-state index contributed by atoms with van der Waals surface area (Å²) in [5.41, 5.74) is 0. The molecule has 0 saturated carbocycles. The Balaban J connectivity index is 2.01. The van der Waals surface area contributed by atoms with E-state index in [1.54, 1.807) is 11.8 Å². The Bertz CT molecular complexity index is 289. The fourth-order valence-electron chi connectivity index (χ4n) is 1.49. The van der Waals surface area contributed by atoms with Crippen LogP contribution >= 0.6 is 11.8 Å². The summed E-state index contributed by atoms with van der Waals surface area (Å²) in [4.78, 5) is 0. The average Bonchev–Trinajstić information content (AvgIpc) is 2.76. The molecule has 98 valence electrons.